The van der Waals surface area contributed by atoms with E-state index in [0.29, 0.717) is 12.5 Å². The van der Waals surface area contributed by atoms with Crippen LogP contribution in [0.2, 0.25) is 0 Å². The van der Waals surface area contributed by atoms with Crippen molar-refractivity contribution >= 4 is 16.9 Å². The smallest absolute Gasteiger partial charge is 0.223 e. The minimum atomic E-state index is 0.145. The Balaban J connectivity index is 1.29. The predicted molar refractivity (Wildman–Crippen MR) is 134 cm³/mol. The molecule has 1 aromatic heterocycles. The lowest BCUT2D eigenvalue weighted by molar-refractivity contribution is -0.122. The summed E-state index contributed by atoms with van der Waals surface area (Å²) in [4.78, 5) is 16.6. The number of carbonyl (C=O) groups is 1. The summed E-state index contributed by atoms with van der Waals surface area (Å²) in [5.41, 5.74) is 3.66. The number of imidazole rings is 1. The molecule has 1 amide bonds. The molecule has 3 aromatic rings. The summed E-state index contributed by atoms with van der Waals surface area (Å²) in [6, 6.07) is 16.8. The summed E-state index contributed by atoms with van der Waals surface area (Å²) >= 11 is 0. The Morgan fingerprint density at radius 1 is 1.06 bits per heavy atom. The second-order valence-corrected chi connectivity index (χ2v) is 10.2. The van der Waals surface area contributed by atoms with E-state index in [9.17, 15) is 4.79 Å². The molecule has 0 unspecified atom stereocenters. The van der Waals surface area contributed by atoms with E-state index in [1.54, 1.807) is 0 Å². The van der Waals surface area contributed by atoms with Crippen molar-refractivity contribution in [3.63, 3.8) is 0 Å². The van der Waals surface area contributed by atoms with Crippen LogP contribution in [0.4, 0.5) is 0 Å². The Labute approximate surface area is 197 Å². The van der Waals surface area contributed by atoms with Crippen molar-refractivity contribution in [1.29, 1.82) is 0 Å². The number of aryl methyl sites for hydroxylation is 1. The number of hydrogen-bond donors (Lipinski definition) is 1. The monoisotopic (exact) mass is 447 g/mol. The Morgan fingerprint density at radius 3 is 2.55 bits per heavy atom. The average molecular weight is 448 g/mol. The Hall–Kier alpha value is -2.82. The van der Waals surface area contributed by atoms with Gasteiger partial charge in [-0.3, -0.25) is 4.79 Å². The van der Waals surface area contributed by atoms with Crippen molar-refractivity contribution in [2.75, 3.05) is 13.2 Å². The van der Waals surface area contributed by atoms with Crippen molar-refractivity contribution in [2.45, 2.75) is 71.3 Å². The number of fused-ring (bicyclic) bond motifs is 1. The Morgan fingerprint density at radius 2 is 1.82 bits per heavy atom. The number of carbonyl (C=O) groups excluding carboxylic acids is 1. The highest BCUT2D eigenvalue weighted by molar-refractivity contribution is 5.80. The number of unbranched alkanes of at least 4 members (excludes halogenated alkanes) is 2. The van der Waals surface area contributed by atoms with Crippen LogP contribution in [0.1, 0.15) is 64.3 Å². The molecule has 1 N–H and O–H groups in total. The molecule has 0 saturated heterocycles. The predicted octanol–water partition coefficient (Wildman–Crippen LogP) is 5.65. The van der Waals surface area contributed by atoms with Crippen molar-refractivity contribution in [2.24, 2.45) is 5.92 Å². The van der Waals surface area contributed by atoms with E-state index in [1.165, 1.54) is 5.56 Å². The van der Waals surface area contributed by atoms with Crippen LogP contribution in [-0.4, -0.2) is 28.6 Å². The van der Waals surface area contributed by atoms with E-state index < -0.39 is 0 Å². The topological polar surface area (TPSA) is 56.1 Å². The van der Waals surface area contributed by atoms with Crippen molar-refractivity contribution in [1.82, 2.24) is 14.9 Å². The number of nitrogens with one attached hydrogen (secondary N) is 1. The highest BCUT2D eigenvalue weighted by atomic mass is 16.5. The minimum Gasteiger partial charge on any atom is -0.492 e. The van der Waals surface area contributed by atoms with Crippen LogP contribution in [0.25, 0.3) is 11.0 Å². The molecule has 0 aliphatic heterocycles. The number of rotatable bonds is 11. The summed E-state index contributed by atoms with van der Waals surface area (Å²) in [6.45, 7) is 8.83. The quantitative estimate of drug-likeness (QED) is 0.386. The van der Waals surface area contributed by atoms with Gasteiger partial charge in [0, 0.05) is 18.9 Å². The molecule has 1 aliphatic rings. The minimum absolute atomic E-state index is 0.145. The summed E-state index contributed by atoms with van der Waals surface area (Å²) in [5.74, 6) is 2.56. The number of hydrogen-bond acceptors (Lipinski definition) is 3. The van der Waals surface area contributed by atoms with Gasteiger partial charge < -0.3 is 14.6 Å². The van der Waals surface area contributed by atoms with Crippen LogP contribution in [0.5, 0.6) is 5.75 Å². The molecule has 0 radical (unpaired) electrons. The first-order valence-electron chi connectivity index (χ1n) is 12.4. The summed E-state index contributed by atoms with van der Waals surface area (Å²) < 4.78 is 8.37. The van der Waals surface area contributed by atoms with Gasteiger partial charge in [0.05, 0.1) is 17.6 Å². The van der Waals surface area contributed by atoms with E-state index in [-0.39, 0.29) is 11.3 Å². The van der Waals surface area contributed by atoms with Gasteiger partial charge in [-0.1, -0.05) is 51.5 Å². The van der Waals surface area contributed by atoms with E-state index in [4.69, 9.17) is 9.72 Å². The number of para-hydroxylation sites is 2. The molecule has 1 heterocycles. The standard InChI is InChI=1S/C28H37N3O2/c1-28(2,3)22-14-16-23(17-15-22)33-20-19-31-25-10-7-6-9-24(25)30-26(31)11-5-4-8-18-29-27(32)21-12-13-21/h6-7,9-10,14-17,21H,4-5,8,11-13,18-20H2,1-3H3,(H,29,32). The van der Waals surface area contributed by atoms with Crippen LogP contribution in [-0.2, 0) is 23.2 Å². The molecule has 176 valence electrons. The largest absolute Gasteiger partial charge is 0.492 e. The highest BCUT2D eigenvalue weighted by Crippen LogP contribution is 2.28. The van der Waals surface area contributed by atoms with Crippen LogP contribution in [0.15, 0.2) is 48.5 Å². The molecule has 2 aromatic carbocycles. The van der Waals surface area contributed by atoms with Gasteiger partial charge in [0.2, 0.25) is 5.91 Å². The molecule has 1 aliphatic carbocycles. The van der Waals surface area contributed by atoms with E-state index in [1.807, 2.05) is 6.07 Å². The van der Waals surface area contributed by atoms with Crippen molar-refractivity contribution in [3.05, 3.63) is 59.9 Å². The maximum absolute atomic E-state index is 11.7. The second-order valence-electron chi connectivity index (χ2n) is 10.2. The number of benzene rings is 2. The Bertz CT molecular complexity index is 1060. The van der Waals surface area contributed by atoms with Crippen LogP contribution in [0.3, 0.4) is 0 Å². The third-order valence-electron chi connectivity index (χ3n) is 6.36. The van der Waals surface area contributed by atoms with Gasteiger partial charge in [0.1, 0.15) is 18.2 Å². The zero-order valence-corrected chi connectivity index (χ0v) is 20.3. The fraction of sp³-hybridized carbons (Fsp3) is 0.500. The third kappa shape index (κ3) is 6.37. The van der Waals surface area contributed by atoms with E-state index in [2.05, 4.69) is 73.1 Å². The lowest BCUT2D eigenvalue weighted by Crippen LogP contribution is -2.25. The molecule has 0 bridgehead atoms. The van der Waals surface area contributed by atoms with Crippen LogP contribution in [0, 0.1) is 5.92 Å². The third-order valence-corrected chi connectivity index (χ3v) is 6.36. The molecule has 1 fully saturated rings. The summed E-state index contributed by atoms with van der Waals surface area (Å²) in [6.07, 6.45) is 6.24. The Kier molecular flexibility index (Phi) is 7.36. The van der Waals surface area contributed by atoms with Crippen molar-refractivity contribution < 1.29 is 9.53 Å². The number of amides is 1. The first-order valence-corrected chi connectivity index (χ1v) is 12.4. The maximum atomic E-state index is 11.7. The normalized spacial score (nSPS) is 13.9. The van der Waals surface area contributed by atoms with Gasteiger partial charge >= 0.3 is 0 Å². The first kappa shape index (κ1) is 23.3. The molecular formula is C28H37N3O2. The lowest BCUT2D eigenvalue weighted by Gasteiger charge is -2.19. The second kappa shape index (κ2) is 10.4. The number of ether oxygens (including phenoxy) is 1. The highest BCUT2D eigenvalue weighted by Gasteiger charge is 2.28. The van der Waals surface area contributed by atoms with Gasteiger partial charge in [0.15, 0.2) is 0 Å². The van der Waals surface area contributed by atoms with E-state index in [0.717, 1.165) is 74.2 Å². The average Bonchev–Trinajstić information content (AvgIpc) is 3.59. The lowest BCUT2D eigenvalue weighted by atomic mass is 9.87. The molecule has 1 saturated carbocycles. The summed E-state index contributed by atoms with van der Waals surface area (Å²) in [5, 5.41) is 3.05. The molecule has 0 spiro atoms. The van der Waals surface area contributed by atoms with Gasteiger partial charge in [-0.2, -0.15) is 0 Å². The SMILES string of the molecule is CC(C)(C)c1ccc(OCCn2c(CCCCCNC(=O)C3CC3)nc3ccccc32)cc1. The molecular weight excluding hydrogens is 410 g/mol. The van der Waals surface area contributed by atoms with Crippen molar-refractivity contribution in [3.8, 4) is 5.75 Å². The molecule has 5 heteroatoms. The van der Waals surface area contributed by atoms with Gasteiger partial charge in [0.25, 0.3) is 0 Å². The van der Waals surface area contributed by atoms with Crippen LogP contribution >= 0.6 is 0 Å². The van der Waals surface area contributed by atoms with Gasteiger partial charge in [-0.15, -0.1) is 0 Å². The first-order chi connectivity index (χ1) is 15.9. The fourth-order valence-corrected chi connectivity index (χ4v) is 4.16. The molecule has 33 heavy (non-hydrogen) atoms. The number of aromatic nitrogens is 2. The van der Waals surface area contributed by atoms with E-state index >= 15 is 0 Å². The fourth-order valence-electron chi connectivity index (χ4n) is 4.16. The maximum Gasteiger partial charge on any atom is 0.223 e. The molecule has 4 rings (SSSR count). The molecule has 0 atom stereocenters. The number of nitrogens with zero attached hydrogens (tertiary/aromatic N) is 2. The summed E-state index contributed by atoms with van der Waals surface area (Å²) in [7, 11) is 0. The zero-order chi connectivity index (χ0) is 23.3. The van der Waals surface area contributed by atoms with Gasteiger partial charge in [-0.05, 0) is 60.9 Å². The van der Waals surface area contributed by atoms with Crippen LogP contribution < -0.4 is 10.1 Å². The van der Waals surface area contributed by atoms with Gasteiger partial charge in [-0.25, -0.2) is 4.98 Å². The molecule has 5 nitrogen and oxygen atoms in total. The zero-order valence-electron chi connectivity index (χ0n) is 20.3.